The molecule has 0 aromatic carbocycles. The molecule has 0 aliphatic rings. The molecule has 1 heterocycles. The van der Waals surface area contributed by atoms with E-state index in [9.17, 15) is 5.21 Å². The largest absolute Gasteiger partial charge is 0.594 e. The van der Waals surface area contributed by atoms with Crippen molar-refractivity contribution in [3.8, 4) is 5.75 Å². The molecule has 0 radical (unpaired) electrons. The predicted molar refractivity (Wildman–Crippen MR) is 39.2 cm³/mol. The Morgan fingerprint density at radius 2 is 2.18 bits per heavy atom. The maximum Gasteiger partial charge on any atom is 0.222 e. The minimum Gasteiger partial charge on any atom is -0.594 e. The molecule has 1 aromatic rings. The Labute approximate surface area is 65.0 Å². The van der Waals surface area contributed by atoms with Gasteiger partial charge >= 0.3 is 0 Å². The third-order valence-electron chi connectivity index (χ3n) is 1.46. The molecule has 0 amide bonds. The number of aryl methyl sites for hydroxylation is 2. The van der Waals surface area contributed by atoms with Gasteiger partial charge in [-0.15, -0.1) is 0 Å². The maximum atomic E-state index is 10.9. The number of hydrogen-bond acceptors (Lipinski definition) is 3. The van der Waals surface area contributed by atoms with Gasteiger partial charge in [0.25, 0.3) is 0 Å². The Morgan fingerprint density at radius 1 is 1.55 bits per heavy atom. The molecule has 0 atom stereocenters. The van der Waals surface area contributed by atoms with Crippen LogP contribution in [-0.2, 0) is 0 Å². The normalized spacial score (nSPS) is 9.73. The first-order valence-electron chi connectivity index (χ1n) is 3.27. The number of ether oxygens (including phenoxy) is 1. The Bertz CT molecular complexity index is 273. The monoisotopic (exact) mass is 154 g/mol. The van der Waals surface area contributed by atoms with Gasteiger partial charge in [-0.3, -0.25) is 0 Å². The molecular formula is C7H10N2O2. The third-order valence-corrected chi connectivity index (χ3v) is 1.46. The molecule has 4 heteroatoms. The van der Waals surface area contributed by atoms with Crippen LogP contribution in [0.25, 0.3) is 0 Å². The minimum absolute atomic E-state index is 0.535. The van der Waals surface area contributed by atoms with E-state index in [1.54, 1.807) is 27.0 Å². The van der Waals surface area contributed by atoms with Gasteiger partial charge in [0.15, 0.2) is 5.75 Å². The lowest BCUT2D eigenvalue weighted by Gasteiger charge is -2.03. The van der Waals surface area contributed by atoms with Crippen molar-refractivity contribution in [3.05, 3.63) is 22.7 Å². The Kier molecular flexibility index (Phi) is 1.94. The average Bonchev–Trinajstić information content (AvgIpc) is 1.97. The molecule has 60 valence electrons. The highest BCUT2D eigenvalue weighted by Gasteiger charge is 2.07. The fraction of sp³-hybridized carbons (Fsp3) is 0.429. The molecule has 0 spiro atoms. The molecule has 0 saturated heterocycles. The number of hydrogen-bond donors (Lipinski definition) is 0. The van der Waals surface area contributed by atoms with Crippen LogP contribution in [0.15, 0.2) is 6.07 Å². The number of aromatic nitrogens is 2. The fourth-order valence-corrected chi connectivity index (χ4v) is 0.820. The zero-order chi connectivity index (χ0) is 8.43. The molecule has 0 saturated carbocycles. The Hall–Kier alpha value is -1.32. The van der Waals surface area contributed by atoms with Crippen LogP contribution in [0.1, 0.15) is 11.4 Å². The van der Waals surface area contributed by atoms with Crippen LogP contribution in [0.2, 0.25) is 0 Å². The zero-order valence-electron chi connectivity index (χ0n) is 6.79. The van der Waals surface area contributed by atoms with Gasteiger partial charge in [0.1, 0.15) is 5.69 Å². The first-order chi connectivity index (χ1) is 5.15. The van der Waals surface area contributed by atoms with Crippen molar-refractivity contribution in [1.29, 1.82) is 0 Å². The maximum absolute atomic E-state index is 10.9. The van der Waals surface area contributed by atoms with Crippen molar-refractivity contribution >= 4 is 0 Å². The molecule has 1 rings (SSSR count). The van der Waals surface area contributed by atoms with E-state index in [2.05, 4.69) is 5.10 Å². The molecule has 11 heavy (non-hydrogen) atoms. The lowest BCUT2D eigenvalue weighted by atomic mass is 10.3. The molecule has 0 bridgehead atoms. The van der Waals surface area contributed by atoms with E-state index in [1.165, 1.54) is 0 Å². The highest BCUT2D eigenvalue weighted by atomic mass is 16.5. The Morgan fingerprint density at radius 3 is 2.73 bits per heavy atom. The van der Waals surface area contributed by atoms with Gasteiger partial charge in [0.05, 0.1) is 13.2 Å². The lowest BCUT2D eigenvalue weighted by Crippen LogP contribution is -2.35. The molecule has 4 nitrogen and oxygen atoms in total. The molecular weight excluding hydrogens is 144 g/mol. The highest BCUT2D eigenvalue weighted by molar-refractivity contribution is 5.24. The van der Waals surface area contributed by atoms with Gasteiger partial charge in [-0.25, -0.2) is 0 Å². The average molecular weight is 154 g/mol. The van der Waals surface area contributed by atoms with E-state index in [4.69, 9.17) is 4.74 Å². The van der Waals surface area contributed by atoms with Gasteiger partial charge < -0.3 is 9.94 Å². The first kappa shape index (κ1) is 7.78. The number of nitrogens with zero attached hydrogens (tertiary/aromatic N) is 2. The second-order valence-electron chi connectivity index (χ2n) is 2.31. The summed E-state index contributed by atoms with van der Waals surface area (Å²) in [4.78, 5) is 0.581. The van der Waals surface area contributed by atoms with Crippen LogP contribution in [0.4, 0.5) is 0 Å². The quantitative estimate of drug-likeness (QED) is 0.433. The van der Waals surface area contributed by atoms with Gasteiger partial charge in [0, 0.05) is 12.0 Å². The van der Waals surface area contributed by atoms with E-state index in [0.717, 1.165) is 0 Å². The molecule has 0 aliphatic carbocycles. The van der Waals surface area contributed by atoms with Crippen LogP contribution in [0, 0.1) is 19.1 Å². The van der Waals surface area contributed by atoms with Crippen LogP contribution in [0.3, 0.4) is 0 Å². The third kappa shape index (κ3) is 1.39. The summed E-state index contributed by atoms with van der Waals surface area (Å²) in [5.41, 5.74) is 1.14. The second kappa shape index (κ2) is 2.74. The van der Waals surface area contributed by atoms with E-state index in [-0.39, 0.29) is 0 Å². The topological polar surface area (TPSA) is 49.1 Å². The van der Waals surface area contributed by atoms with Crippen LogP contribution >= 0.6 is 0 Å². The summed E-state index contributed by atoms with van der Waals surface area (Å²) in [5.74, 6) is 0.648. The minimum atomic E-state index is 0.535. The van der Waals surface area contributed by atoms with Crippen LogP contribution in [-0.4, -0.2) is 12.2 Å². The SMILES string of the molecule is COc1cc(C)[n+]([O-])nc1C. The predicted octanol–water partition coefficient (Wildman–Crippen LogP) is 0.340. The summed E-state index contributed by atoms with van der Waals surface area (Å²) in [5, 5.41) is 14.5. The molecule has 0 aliphatic heterocycles. The molecule has 0 unspecified atom stereocenters. The molecule has 0 fully saturated rings. The smallest absolute Gasteiger partial charge is 0.222 e. The van der Waals surface area contributed by atoms with E-state index in [1.807, 2.05) is 0 Å². The van der Waals surface area contributed by atoms with Crippen molar-refractivity contribution < 1.29 is 9.58 Å². The molecule has 1 aromatic heterocycles. The highest BCUT2D eigenvalue weighted by Crippen LogP contribution is 2.12. The standard InChI is InChI=1S/C7H10N2O2/c1-5-4-7(11-3)6(2)8-9(5)10/h4H,1-3H3. The van der Waals surface area contributed by atoms with Crippen LogP contribution in [0.5, 0.6) is 5.75 Å². The van der Waals surface area contributed by atoms with Gasteiger partial charge in [-0.2, -0.15) is 0 Å². The van der Waals surface area contributed by atoms with Gasteiger partial charge in [0.2, 0.25) is 5.69 Å². The molecule has 0 N–H and O–H groups in total. The zero-order valence-corrected chi connectivity index (χ0v) is 6.79. The number of methoxy groups -OCH3 is 1. The summed E-state index contributed by atoms with van der Waals surface area (Å²) >= 11 is 0. The van der Waals surface area contributed by atoms with Gasteiger partial charge in [-0.1, -0.05) is 4.85 Å². The summed E-state index contributed by atoms with van der Waals surface area (Å²) in [6, 6.07) is 1.66. The number of rotatable bonds is 1. The Balaban J connectivity index is 3.21. The van der Waals surface area contributed by atoms with E-state index < -0.39 is 0 Å². The summed E-state index contributed by atoms with van der Waals surface area (Å²) in [6.45, 7) is 3.41. The van der Waals surface area contributed by atoms with Crippen molar-refractivity contribution in [2.45, 2.75) is 13.8 Å². The van der Waals surface area contributed by atoms with Crippen molar-refractivity contribution in [2.24, 2.45) is 0 Å². The lowest BCUT2D eigenvalue weighted by molar-refractivity contribution is -0.676. The van der Waals surface area contributed by atoms with Crippen molar-refractivity contribution in [1.82, 2.24) is 5.10 Å². The van der Waals surface area contributed by atoms with Gasteiger partial charge in [-0.05, 0) is 6.92 Å². The summed E-state index contributed by atoms with van der Waals surface area (Å²) in [7, 11) is 1.55. The van der Waals surface area contributed by atoms with Crippen LogP contribution < -0.4 is 9.58 Å². The van der Waals surface area contributed by atoms with E-state index >= 15 is 0 Å². The fourth-order valence-electron chi connectivity index (χ4n) is 0.820. The summed E-state index contributed by atoms with van der Waals surface area (Å²) in [6.07, 6.45) is 0. The summed E-state index contributed by atoms with van der Waals surface area (Å²) < 4.78 is 4.97. The van der Waals surface area contributed by atoms with Crippen molar-refractivity contribution in [3.63, 3.8) is 0 Å². The van der Waals surface area contributed by atoms with Crippen molar-refractivity contribution in [2.75, 3.05) is 7.11 Å². The first-order valence-corrected chi connectivity index (χ1v) is 3.27. The van der Waals surface area contributed by atoms with E-state index in [0.29, 0.717) is 22.0 Å². The second-order valence-corrected chi connectivity index (χ2v) is 2.31.